The highest BCUT2D eigenvalue weighted by Gasteiger charge is 2.12. The van der Waals surface area contributed by atoms with E-state index in [0.29, 0.717) is 0 Å². The molecule has 0 saturated carbocycles. The van der Waals surface area contributed by atoms with E-state index in [1.54, 1.807) is 0 Å². The normalized spacial score (nSPS) is 11.9. The van der Waals surface area contributed by atoms with E-state index in [1.807, 2.05) is 0 Å². The van der Waals surface area contributed by atoms with Crippen molar-refractivity contribution in [2.24, 2.45) is 0 Å². The van der Waals surface area contributed by atoms with Crippen LogP contribution in [0.3, 0.4) is 0 Å². The molecule has 0 aliphatic carbocycles. The van der Waals surface area contributed by atoms with Crippen molar-refractivity contribution >= 4 is 0 Å². The molecule has 0 spiro atoms. The monoisotopic (exact) mass is 277 g/mol. The minimum absolute atomic E-state index is 0.0284. The summed E-state index contributed by atoms with van der Waals surface area (Å²) in [6, 6.07) is 19.5. The molecular formula is C20H23N. The second-order valence-corrected chi connectivity index (χ2v) is 5.77. The van der Waals surface area contributed by atoms with Crippen LogP contribution in [0.4, 0.5) is 0 Å². The van der Waals surface area contributed by atoms with E-state index < -0.39 is 0 Å². The summed E-state index contributed by atoms with van der Waals surface area (Å²) in [4.78, 5) is 0. The second kappa shape index (κ2) is 7.64. The van der Waals surface area contributed by atoms with Crippen LogP contribution in [0.25, 0.3) is 0 Å². The molecule has 0 heterocycles. The van der Waals surface area contributed by atoms with Gasteiger partial charge in [-0.15, -0.1) is 0 Å². The predicted molar refractivity (Wildman–Crippen MR) is 88.3 cm³/mol. The maximum Gasteiger partial charge on any atom is 0.0715 e. The maximum absolute atomic E-state index is 9.46. The zero-order valence-corrected chi connectivity index (χ0v) is 13.0. The molecule has 108 valence electrons. The molecule has 0 saturated heterocycles. The van der Waals surface area contributed by atoms with Crippen LogP contribution in [0.2, 0.25) is 0 Å². The third kappa shape index (κ3) is 4.46. The van der Waals surface area contributed by atoms with Crippen LogP contribution in [-0.2, 0) is 6.42 Å². The van der Waals surface area contributed by atoms with Crippen LogP contribution >= 0.6 is 0 Å². The van der Waals surface area contributed by atoms with Gasteiger partial charge in [0.05, 0.1) is 12.0 Å². The maximum atomic E-state index is 9.46. The van der Waals surface area contributed by atoms with Crippen LogP contribution < -0.4 is 0 Å². The Labute approximate surface area is 128 Å². The van der Waals surface area contributed by atoms with Crippen LogP contribution in [0.1, 0.15) is 47.4 Å². The lowest BCUT2D eigenvalue weighted by Crippen LogP contribution is -2.00. The molecule has 21 heavy (non-hydrogen) atoms. The first-order chi connectivity index (χ1) is 10.2. The largest absolute Gasteiger partial charge is 0.198 e. The van der Waals surface area contributed by atoms with Gasteiger partial charge in [-0.3, -0.25) is 0 Å². The van der Waals surface area contributed by atoms with Crippen molar-refractivity contribution in [2.45, 2.75) is 45.4 Å². The van der Waals surface area contributed by atoms with Gasteiger partial charge < -0.3 is 0 Å². The van der Waals surface area contributed by atoms with Crippen molar-refractivity contribution in [2.75, 3.05) is 0 Å². The van der Waals surface area contributed by atoms with E-state index in [-0.39, 0.29) is 5.92 Å². The molecule has 2 rings (SSSR count). The number of nitrogens with zero attached hydrogens (tertiary/aromatic N) is 1. The molecule has 1 heteroatoms. The lowest BCUT2D eigenvalue weighted by Gasteiger charge is -2.13. The number of rotatable bonds is 6. The third-order valence-electron chi connectivity index (χ3n) is 4.02. The fourth-order valence-corrected chi connectivity index (χ4v) is 2.75. The van der Waals surface area contributed by atoms with Crippen molar-refractivity contribution in [3.8, 4) is 6.07 Å². The Bertz CT molecular complexity index is 607. The van der Waals surface area contributed by atoms with Crippen LogP contribution in [-0.4, -0.2) is 0 Å². The van der Waals surface area contributed by atoms with Crippen molar-refractivity contribution in [1.29, 1.82) is 5.26 Å². The minimum atomic E-state index is 0.0284. The predicted octanol–water partition coefficient (Wildman–Crippen LogP) is 5.32. The van der Waals surface area contributed by atoms with Gasteiger partial charge in [-0.05, 0) is 49.8 Å². The van der Waals surface area contributed by atoms with Crippen molar-refractivity contribution in [3.05, 3.63) is 70.8 Å². The Morgan fingerprint density at radius 2 is 1.76 bits per heavy atom. The van der Waals surface area contributed by atoms with Crippen LogP contribution in [0.15, 0.2) is 48.5 Å². The third-order valence-corrected chi connectivity index (χ3v) is 4.02. The van der Waals surface area contributed by atoms with E-state index >= 15 is 0 Å². The zero-order valence-electron chi connectivity index (χ0n) is 13.0. The standard InChI is InChI=1S/C20H23N/c1-16-12-13-17(2)20(14-16)19(15-21)11-7-6-10-18-8-4-3-5-9-18/h3-5,8-9,12-14,19H,6-7,10-11H2,1-2H3. The van der Waals surface area contributed by atoms with Gasteiger partial charge in [0.2, 0.25) is 0 Å². The SMILES string of the molecule is Cc1ccc(C)c(C(C#N)CCCCc2ccccc2)c1. The van der Waals surface area contributed by atoms with Crippen molar-refractivity contribution in [3.63, 3.8) is 0 Å². The molecular weight excluding hydrogens is 254 g/mol. The van der Waals surface area contributed by atoms with Crippen molar-refractivity contribution < 1.29 is 0 Å². The second-order valence-electron chi connectivity index (χ2n) is 5.77. The number of benzene rings is 2. The van der Waals surface area contributed by atoms with E-state index in [9.17, 15) is 5.26 Å². The molecule has 1 nitrogen and oxygen atoms in total. The van der Waals surface area contributed by atoms with Gasteiger partial charge in [-0.2, -0.15) is 5.26 Å². The molecule has 0 aromatic heterocycles. The van der Waals surface area contributed by atoms with Gasteiger partial charge in [-0.1, -0.05) is 60.5 Å². The van der Waals surface area contributed by atoms with Gasteiger partial charge in [0.25, 0.3) is 0 Å². The summed E-state index contributed by atoms with van der Waals surface area (Å²) in [5.41, 5.74) is 5.06. The number of hydrogen-bond acceptors (Lipinski definition) is 1. The van der Waals surface area contributed by atoms with Gasteiger partial charge in [0, 0.05) is 0 Å². The Morgan fingerprint density at radius 3 is 2.48 bits per heavy atom. The molecule has 0 fully saturated rings. The van der Waals surface area contributed by atoms with Gasteiger partial charge in [-0.25, -0.2) is 0 Å². The number of unbranched alkanes of at least 4 members (excludes halogenated alkanes) is 1. The van der Waals surface area contributed by atoms with Crippen LogP contribution in [0.5, 0.6) is 0 Å². The van der Waals surface area contributed by atoms with E-state index in [0.717, 1.165) is 25.7 Å². The first kappa shape index (κ1) is 15.3. The number of nitriles is 1. The highest BCUT2D eigenvalue weighted by Crippen LogP contribution is 2.25. The average molecular weight is 277 g/mol. The van der Waals surface area contributed by atoms with Gasteiger partial charge in [0.1, 0.15) is 0 Å². The first-order valence-electron chi connectivity index (χ1n) is 7.71. The highest BCUT2D eigenvalue weighted by molar-refractivity contribution is 5.36. The Hall–Kier alpha value is -2.07. The summed E-state index contributed by atoms with van der Waals surface area (Å²) in [7, 11) is 0. The van der Waals surface area contributed by atoms with Crippen LogP contribution in [0, 0.1) is 25.2 Å². The first-order valence-corrected chi connectivity index (χ1v) is 7.71. The summed E-state index contributed by atoms with van der Waals surface area (Å²) < 4.78 is 0. The fraction of sp³-hybridized carbons (Fsp3) is 0.350. The Morgan fingerprint density at radius 1 is 1.00 bits per heavy atom. The van der Waals surface area contributed by atoms with E-state index in [4.69, 9.17) is 0 Å². The highest BCUT2D eigenvalue weighted by atomic mass is 14.3. The molecule has 1 unspecified atom stereocenters. The molecule has 0 amide bonds. The Balaban J connectivity index is 1.89. The zero-order chi connectivity index (χ0) is 15.1. The summed E-state index contributed by atoms with van der Waals surface area (Å²) in [5.74, 6) is 0.0284. The fourth-order valence-electron chi connectivity index (χ4n) is 2.75. The smallest absolute Gasteiger partial charge is 0.0715 e. The summed E-state index contributed by atoms with van der Waals surface area (Å²) in [6.45, 7) is 4.19. The van der Waals surface area contributed by atoms with Gasteiger partial charge >= 0.3 is 0 Å². The lowest BCUT2D eigenvalue weighted by molar-refractivity contribution is 0.641. The van der Waals surface area contributed by atoms with Gasteiger partial charge in [0.15, 0.2) is 0 Å². The Kier molecular flexibility index (Phi) is 5.58. The molecule has 1 atom stereocenters. The molecule has 0 N–H and O–H groups in total. The quantitative estimate of drug-likeness (QED) is 0.655. The molecule has 0 aliphatic rings. The summed E-state index contributed by atoms with van der Waals surface area (Å²) >= 11 is 0. The molecule has 0 radical (unpaired) electrons. The van der Waals surface area contributed by atoms with E-state index in [1.165, 1.54) is 22.3 Å². The number of aryl methyl sites for hydroxylation is 3. The lowest BCUT2D eigenvalue weighted by atomic mass is 9.90. The average Bonchev–Trinajstić information content (AvgIpc) is 2.51. The number of hydrogen-bond donors (Lipinski definition) is 0. The molecule has 0 aliphatic heterocycles. The summed E-state index contributed by atoms with van der Waals surface area (Å²) in [5, 5.41) is 9.46. The topological polar surface area (TPSA) is 23.8 Å². The molecule has 2 aromatic carbocycles. The minimum Gasteiger partial charge on any atom is -0.198 e. The van der Waals surface area contributed by atoms with E-state index in [2.05, 4.69) is 68.4 Å². The molecule has 0 bridgehead atoms. The molecule has 2 aromatic rings. The van der Waals surface area contributed by atoms with Crippen molar-refractivity contribution in [1.82, 2.24) is 0 Å². The summed E-state index contributed by atoms with van der Waals surface area (Å²) in [6.07, 6.45) is 4.30.